The molecule has 5 N–H and O–H groups in total. The molecule has 2 heterocycles. The smallest absolute Gasteiger partial charge is 0.418 e. The zero-order valence-corrected chi connectivity index (χ0v) is 14.1. The van der Waals surface area contributed by atoms with Crippen LogP contribution in [0.25, 0.3) is 0 Å². The van der Waals surface area contributed by atoms with Gasteiger partial charge in [-0.15, -0.1) is 4.28 Å². The van der Waals surface area contributed by atoms with Crippen LogP contribution < -0.4 is 16.2 Å². The Hall–Kier alpha value is -2.65. The number of urea groups is 1. The monoisotopic (exact) mass is 395 g/mol. The van der Waals surface area contributed by atoms with E-state index in [1.165, 1.54) is 0 Å². The van der Waals surface area contributed by atoms with Crippen molar-refractivity contribution in [2.24, 2.45) is 0 Å². The van der Waals surface area contributed by atoms with Crippen LogP contribution in [0.5, 0.6) is 0 Å². The average molecular weight is 395 g/mol. The topological polar surface area (TPSA) is 195 Å². The molecule has 0 unspecified atom stereocenters. The zero-order valence-electron chi connectivity index (χ0n) is 13.2. The summed E-state index contributed by atoms with van der Waals surface area (Å²) in [5.41, 5.74) is 4.21. The quantitative estimate of drug-likeness (QED) is 0.245. The molecule has 2 fully saturated rings. The minimum atomic E-state index is -4.88. The first-order valence-electron chi connectivity index (χ1n) is 7.41. The second-order valence-corrected chi connectivity index (χ2v) is 6.53. The molecule has 15 heteroatoms. The number of rotatable bonds is 6. The van der Waals surface area contributed by atoms with Gasteiger partial charge >= 0.3 is 22.5 Å². The van der Waals surface area contributed by atoms with Crippen LogP contribution in [0, 0.1) is 0 Å². The highest BCUT2D eigenvalue weighted by atomic mass is 32.3. The van der Waals surface area contributed by atoms with Gasteiger partial charge in [-0.25, -0.2) is 9.59 Å². The van der Waals surface area contributed by atoms with Gasteiger partial charge in [-0.1, -0.05) is 0 Å². The fourth-order valence-corrected chi connectivity index (χ4v) is 3.05. The number of carbonyl (C=O) groups is 4. The fourth-order valence-electron chi connectivity index (χ4n) is 2.66. The van der Waals surface area contributed by atoms with E-state index in [1.807, 2.05) is 5.32 Å². The van der Waals surface area contributed by atoms with Crippen LogP contribution in [0.2, 0.25) is 0 Å². The lowest BCUT2D eigenvalue weighted by molar-refractivity contribution is -0.131. The summed E-state index contributed by atoms with van der Waals surface area (Å²) in [6.45, 7) is -0.127. The van der Waals surface area contributed by atoms with Gasteiger partial charge < -0.3 is 15.3 Å². The third kappa shape index (κ3) is 4.93. The van der Waals surface area contributed by atoms with E-state index in [0.717, 1.165) is 4.90 Å². The van der Waals surface area contributed by atoms with Crippen molar-refractivity contribution in [1.82, 2.24) is 26.1 Å². The maximum Gasteiger partial charge on any atom is 0.418 e. The van der Waals surface area contributed by atoms with Crippen molar-refractivity contribution in [2.45, 2.75) is 31.3 Å². The van der Waals surface area contributed by atoms with Gasteiger partial charge in [-0.2, -0.15) is 13.5 Å². The number of piperidine rings is 1. The van der Waals surface area contributed by atoms with Crippen LogP contribution in [0.15, 0.2) is 0 Å². The van der Waals surface area contributed by atoms with E-state index < -0.39 is 46.4 Å². The number of hydrogen-bond acceptors (Lipinski definition) is 7. The Balaban J connectivity index is 1.86. The molecule has 0 aromatic carbocycles. The number of nitrogens with zero attached hydrogens (tertiary/aromatic N) is 2. The largest absolute Gasteiger partial charge is 0.465 e. The first kappa shape index (κ1) is 19.7. The molecule has 14 nitrogen and oxygen atoms in total. The summed E-state index contributed by atoms with van der Waals surface area (Å²) in [5.74, 6) is -1.35. The highest BCUT2D eigenvalue weighted by molar-refractivity contribution is 7.80. The van der Waals surface area contributed by atoms with Gasteiger partial charge in [0.05, 0.1) is 6.04 Å². The normalized spacial score (nSPS) is 22.1. The molecule has 0 spiro atoms. The van der Waals surface area contributed by atoms with Crippen molar-refractivity contribution in [3.05, 3.63) is 0 Å². The summed E-state index contributed by atoms with van der Waals surface area (Å²) in [4.78, 5) is 47.1. The standard InChI is InChI=1S/C11H17N5O9S/c17-8(3-4-12-10(19)20)13-14-9(18)7-2-1-6-5-15(7)11(21)16(6)25-26(22,23)24/h6-7,12H,1-5H2,(H,13,17)(H,14,18)(H,19,20)(H,22,23,24)/t6-,7+/m1/s1. The Morgan fingerprint density at radius 3 is 2.54 bits per heavy atom. The van der Waals surface area contributed by atoms with Crippen LogP contribution in [-0.4, -0.2) is 77.2 Å². The Morgan fingerprint density at radius 1 is 1.23 bits per heavy atom. The van der Waals surface area contributed by atoms with E-state index in [0.29, 0.717) is 5.06 Å². The molecule has 2 rings (SSSR count). The van der Waals surface area contributed by atoms with Gasteiger partial charge in [-0.3, -0.25) is 25.0 Å². The van der Waals surface area contributed by atoms with Crippen LogP contribution >= 0.6 is 0 Å². The van der Waals surface area contributed by atoms with Crippen molar-refractivity contribution >= 4 is 34.3 Å². The molecule has 146 valence electrons. The molecule has 2 aliphatic rings. The number of hydrogen-bond donors (Lipinski definition) is 5. The molecule has 2 saturated heterocycles. The Morgan fingerprint density at radius 2 is 1.92 bits per heavy atom. The molecule has 0 aromatic heterocycles. The predicted octanol–water partition coefficient (Wildman–Crippen LogP) is -2.21. The first-order chi connectivity index (χ1) is 12.1. The molecule has 0 aromatic rings. The van der Waals surface area contributed by atoms with Crippen LogP contribution in [-0.2, 0) is 24.3 Å². The van der Waals surface area contributed by atoms with Crippen molar-refractivity contribution in [1.29, 1.82) is 0 Å². The van der Waals surface area contributed by atoms with E-state index in [2.05, 4.69) is 15.1 Å². The van der Waals surface area contributed by atoms with E-state index >= 15 is 0 Å². The Bertz CT molecular complexity index is 711. The van der Waals surface area contributed by atoms with Gasteiger partial charge in [0.2, 0.25) is 5.91 Å². The zero-order chi connectivity index (χ0) is 19.5. The summed E-state index contributed by atoms with van der Waals surface area (Å²) in [6, 6.07) is -2.50. The van der Waals surface area contributed by atoms with Crippen molar-refractivity contribution < 1.29 is 41.5 Å². The number of amides is 5. The Labute approximate surface area is 147 Å². The van der Waals surface area contributed by atoms with Gasteiger partial charge in [-0.05, 0) is 12.8 Å². The van der Waals surface area contributed by atoms with Crippen LogP contribution in [0.1, 0.15) is 19.3 Å². The number of hydrazine groups is 1. The molecule has 26 heavy (non-hydrogen) atoms. The molecule has 0 aliphatic carbocycles. The van der Waals surface area contributed by atoms with Gasteiger partial charge in [0.25, 0.3) is 5.91 Å². The fraction of sp³-hybridized carbons (Fsp3) is 0.636. The van der Waals surface area contributed by atoms with E-state index in [4.69, 9.17) is 9.66 Å². The summed E-state index contributed by atoms with van der Waals surface area (Å²) >= 11 is 0. The van der Waals surface area contributed by atoms with E-state index in [1.54, 1.807) is 0 Å². The van der Waals surface area contributed by atoms with Crippen LogP contribution in [0.3, 0.4) is 0 Å². The highest BCUT2D eigenvalue weighted by Gasteiger charge is 2.49. The SMILES string of the molecule is O=C(O)NCCC(=O)NNC(=O)[C@@H]1CC[C@@H]2CN1C(=O)N2OS(=O)(=O)O. The molecule has 0 radical (unpaired) electrons. The second-order valence-electron chi connectivity index (χ2n) is 5.53. The summed E-state index contributed by atoms with van der Waals surface area (Å²) < 4.78 is 34.5. The van der Waals surface area contributed by atoms with Crippen molar-refractivity contribution in [2.75, 3.05) is 13.1 Å². The van der Waals surface area contributed by atoms with E-state index in [9.17, 15) is 27.6 Å². The van der Waals surface area contributed by atoms with Crippen molar-refractivity contribution in [3.8, 4) is 0 Å². The van der Waals surface area contributed by atoms with E-state index in [-0.39, 0.29) is 32.4 Å². The van der Waals surface area contributed by atoms with Gasteiger partial charge in [0.1, 0.15) is 6.04 Å². The number of carboxylic acid groups (broad SMARTS) is 1. The van der Waals surface area contributed by atoms with Crippen LogP contribution in [0.4, 0.5) is 9.59 Å². The predicted molar refractivity (Wildman–Crippen MR) is 80.3 cm³/mol. The molecule has 5 amide bonds. The van der Waals surface area contributed by atoms with Gasteiger partial charge in [0, 0.05) is 19.5 Å². The summed E-state index contributed by atoms with van der Waals surface area (Å²) in [5, 5.41) is 10.9. The maximum atomic E-state index is 12.2. The number of nitrogens with one attached hydrogen (secondary N) is 3. The molecule has 2 bridgehead atoms. The maximum absolute atomic E-state index is 12.2. The molecular weight excluding hydrogens is 378 g/mol. The molecule has 2 atom stereocenters. The lowest BCUT2D eigenvalue weighted by atomic mass is 10.0. The molecular formula is C11H17N5O9S. The van der Waals surface area contributed by atoms with Crippen molar-refractivity contribution in [3.63, 3.8) is 0 Å². The molecule has 0 saturated carbocycles. The highest BCUT2D eigenvalue weighted by Crippen LogP contribution is 2.30. The lowest BCUT2D eigenvalue weighted by Gasteiger charge is -2.29. The second kappa shape index (κ2) is 7.71. The summed E-state index contributed by atoms with van der Waals surface area (Å²) in [7, 11) is -4.88. The minimum Gasteiger partial charge on any atom is -0.465 e. The number of fused-ring (bicyclic) bond motifs is 2. The molecule has 2 aliphatic heterocycles. The summed E-state index contributed by atoms with van der Waals surface area (Å²) in [6.07, 6.45) is -1.07. The number of carbonyl (C=O) groups excluding carboxylic acids is 3. The van der Waals surface area contributed by atoms with Gasteiger partial charge in [0.15, 0.2) is 0 Å². The number of hydroxylamine groups is 2. The first-order valence-corrected chi connectivity index (χ1v) is 8.77. The third-order valence-electron chi connectivity index (χ3n) is 3.75. The Kier molecular flexibility index (Phi) is 5.83. The lowest BCUT2D eigenvalue weighted by Crippen LogP contribution is -2.54. The average Bonchev–Trinajstić information content (AvgIpc) is 2.76. The third-order valence-corrected chi connectivity index (χ3v) is 4.10. The minimum absolute atomic E-state index is 0.0168.